The van der Waals surface area contributed by atoms with Gasteiger partial charge in [0.1, 0.15) is 21.7 Å². The summed E-state index contributed by atoms with van der Waals surface area (Å²) in [6.45, 7) is 9.15. The number of carbonyl (C=O) groups excluding carboxylic acids is 4. The van der Waals surface area contributed by atoms with Crippen molar-refractivity contribution in [1.29, 1.82) is 0 Å². The molecular weight excluding hydrogens is 755 g/mol. The Hall–Kier alpha value is -5.65. The molecule has 2 unspecified atom stereocenters. The van der Waals surface area contributed by atoms with Gasteiger partial charge in [-0.2, -0.15) is 0 Å². The second-order valence-corrected chi connectivity index (χ2v) is 17.0. The largest absolute Gasteiger partial charge is 0.494 e. The second-order valence-electron chi connectivity index (χ2n) is 14.8. The van der Waals surface area contributed by atoms with Crippen LogP contribution in [0.25, 0.3) is 6.08 Å². The maximum absolute atomic E-state index is 14.3. The zero-order valence-corrected chi connectivity index (χ0v) is 34.4. The third kappa shape index (κ3) is 10.4. The van der Waals surface area contributed by atoms with Crippen molar-refractivity contribution in [3.05, 3.63) is 148 Å². The third-order valence-electron chi connectivity index (χ3n) is 9.83. The van der Waals surface area contributed by atoms with E-state index in [9.17, 15) is 19.2 Å². The molecule has 9 nitrogen and oxygen atoms in total. The maximum Gasteiger partial charge on any atom is 0.341 e. The molecule has 0 saturated carbocycles. The lowest BCUT2D eigenvalue weighted by Gasteiger charge is -2.33. The molecule has 5 aromatic rings. The molecule has 1 aliphatic rings. The van der Waals surface area contributed by atoms with Gasteiger partial charge in [0.25, 0.3) is 11.8 Å². The highest BCUT2D eigenvalue weighted by Crippen LogP contribution is 2.45. The van der Waals surface area contributed by atoms with Gasteiger partial charge >= 0.3 is 5.97 Å². The minimum absolute atomic E-state index is 0.0430. The van der Waals surface area contributed by atoms with Gasteiger partial charge in [-0.15, -0.1) is 23.1 Å². The van der Waals surface area contributed by atoms with Crippen molar-refractivity contribution in [2.24, 2.45) is 11.3 Å². The van der Waals surface area contributed by atoms with Crippen molar-refractivity contribution >= 4 is 63.6 Å². The van der Waals surface area contributed by atoms with E-state index in [0.717, 1.165) is 35.3 Å². The smallest absolute Gasteiger partial charge is 0.341 e. The van der Waals surface area contributed by atoms with Gasteiger partial charge in [0, 0.05) is 21.0 Å². The monoisotopic (exact) mass is 801 g/mol. The first-order valence-corrected chi connectivity index (χ1v) is 20.6. The van der Waals surface area contributed by atoms with Crippen LogP contribution in [-0.2, 0) is 27.2 Å². The summed E-state index contributed by atoms with van der Waals surface area (Å²) in [5.41, 5.74) is 3.89. The Kier molecular flexibility index (Phi) is 13.3. The Balaban J connectivity index is 1.25. The molecule has 0 bridgehead atoms. The van der Waals surface area contributed by atoms with Crippen molar-refractivity contribution in [1.82, 2.24) is 5.32 Å². The number of rotatable bonds is 13. The summed E-state index contributed by atoms with van der Waals surface area (Å²) in [6, 6.07) is 32.5. The van der Waals surface area contributed by atoms with Crippen molar-refractivity contribution < 1.29 is 28.7 Å². The number of hydrogen-bond donors (Lipinski definition) is 3. The van der Waals surface area contributed by atoms with Crippen LogP contribution in [0.3, 0.4) is 0 Å². The Morgan fingerprint density at radius 1 is 0.895 bits per heavy atom. The number of amides is 3. The number of hydrogen-bond acceptors (Lipinski definition) is 8. The predicted octanol–water partition coefficient (Wildman–Crippen LogP) is 9.97. The van der Waals surface area contributed by atoms with Crippen LogP contribution in [-0.4, -0.2) is 37.4 Å². The molecule has 2 atom stereocenters. The van der Waals surface area contributed by atoms with Crippen molar-refractivity contribution in [2.45, 2.75) is 57.1 Å². The molecule has 1 aliphatic carbocycles. The number of esters is 1. The molecule has 0 spiro atoms. The topological polar surface area (TPSA) is 123 Å². The van der Waals surface area contributed by atoms with Gasteiger partial charge in [-0.1, -0.05) is 87.5 Å². The van der Waals surface area contributed by atoms with Gasteiger partial charge in [0.2, 0.25) is 5.91 Å². The van der Waals surface area contributed by atoms with Crippen LogP contribution in [0.5, 0.6) is 5.75 Å². The minimum Gasteiger partial charge on any atom is -0.494 e. The third-order valence-corrected chi connectivity index (χ3v) is 12.3. The van der Waals surface area contributed by atoms with E-state index < -0.39 is 23.0 Å². The SMILES string of the molecule is CCOc1ccc(/C=C(/NC(=O)c2ccccc2)C(=O)Nc2cccc(SC(C(=O)Nc3sc4c(c3C(=O)OC)CCC(C(C)(C)C)C4)c3ccccc3)c2)cc1. The molecule has 6 rings (SSSR count). The van der Waals surface area contributed by atoms with E-state index in [0.29, 0.717) is 50.5 Å². The summed E-state index contributed by atoms with van der Waals surface area (Å²) in [6.07, 6.45) is 4.15. The summed E-state index contributed by atoms with van der Waals surface area (Å²) in [4.78, 5) is 56.4. The van der Waals surface area contributed by atoms with Crippen LogP contribution in [0.2, 0.25) is 0 Å². The Morgan fingerprint density at radius 3 is 2.26 bits per heavy atom. The standard InChI is InChI=1S/C46H47N3O6S2/c1-6-55-34-23-20-29(21-24-34)26-37(48-41(50)31-16-11-8-12-17-31)42(51)47-33-18-13-19-35(28-33)56-40(30-14-9-7-10-15-30)43(52)49-44-39(45(53)54-5)36-25-22-32(46(2,3)4)27-38(36)57-44/h7-21,23-24,26,28,32,40H,6,22,25,27H2,1-5H3,(H,47,51)(H,48,50)(H,49,52)/b37-26+. The molecule has 1 heterocycles. The molecule has 4 aromatic carbocycles. The van der Waals surface area contributed by atoms with Gasteiger partial charge in [-0.25, -0.2) is 4.79 Å². The van der Waals surface area contributed by atoms with E-state index >= 15 is 0 Å². The average molecular weight is 802 g/mol. The van der Waals surface area contributed by atoms with Crippen LogP contribution in [0, 0.1) is 11.3 Å². The minimum atomic E-state index is -0.704. The van der Waals surface area contributed by atoms with Crippen LogP contribution >= 0.6 is 23.1 Å². The summed E-state index contributed by atoms with van der Waals surface area (Å²) < 4.78 is 10.8. The molecule has 0 fully saturated rings. The van der Waals surface area contributed by atoms with E-state index in [1.807, 2.05) is 49.4 Å². The molecule has 294 valence electrons. The normalized spacial score (nSPS) is 14.5. The summed E-state index contributed by atoms with van der Waals surface area (Å²) in [7, 11) is 1.36. The first kappa shape index (κ1) is 41.0. The lowest BCUT2D eigenvalue weighted by Crippen LogP contribution is -2.30. The number of thioether (sulfide) groups is 1. The number of ether oxygens (including phenoxy) is 2. The van der Waals surface area contributed by atoms with E-state index in [-0.39, 0.29) is 17.0 Å². The fraction of sp³-hybridized carbons (Fsp3) is 0.261. The van der Waals surface area contributed by atoms with Gasteiger partial charge < -0.3 is 25.4 Å². The van der Waals surface area contributed by atoms with Crippen molar-refractivity contribution in [3.8, 4) is 5.75 Å². The molecule has 0 radical (unpaired) electrons. The van der Waals surface area contributed by atoms with Crippen LogP contribution in [0.4, 0.5) is 10.7 Å². The molecule has 1 aromatic heterocycles. The fourth-order valence-corrected chi connectivity index (χ4v) is 9.13. The lowest BCUT2D eigenvalue weighted by atomic mass is 9.72. The molecule has 3 amide bonds. The van der Waals surface area contributed by atoms with Gasteiger partial charge in [0.05, 0.1) is 19.3 Å². The summed E-state index contributed by atoms with van der Waals surface area (Å²) in [5.74, 6) is -0.560. The van der Waals surface area contributed by atoms with Gasteiger partial charge in [-0.05, 0) is 103 Å². The first-order valence-electron chi connectivity index (χ1n) is 18.9. The average Bonchev–Trinajstić information content (AvgIpc) is 3.57. The fourth-order valence-electron chi connectivity index (χ4n) is 6.73. The number of anilines is 2. The van der Waals surface area contributed by atoms with Crippen LogP contribution in [0.1, 0.15) is 81.6 Å². The molecular formula is C46H47N3O6S2. The predicted molar refractivity (Wildman–Crippen MR) is 229 cm³/mol. The van der Waals surface area contributed by atoms with E-state index in [2.05, 4.69) is 36.7 Å². The second kappa shape index (κ2) is 18.5. The van der Waals surface area contributed by atoms with E-state index in [1.165, 1.54) is 30.2 Å². The Bertz CT molecular complexity index is 2250. The quantitative estimate of drug-likeness (QED) is 0.0616. The first-order chi connectivity index (χ1) is 27.4. The van der Waals surface area contributed by atoms with E-state index in [4.69, 9.17) is 9.47 Å². The van der Waals surface area contributed by atoms with E-state index in [1.54, 1.807) is 72.8 Å². The molecule has 11 heteroatoms. The highest BCUT2D eigenvalue weighted by molar-refractivity contribution is 8.00. The van der Waals surface area contributed by atoms with Crippen LogP contribution < -0.4 is 20.7 Å². The number of thiophene rings is 1. The number of benzene rings is 4. The maximum atomic E-state index is 14.3. The Morgan fingerprint density at radius 2 is 1.60 bits per heavy atom. The summed E-state index contributed by atoms with van der Waals surface area (Å²) in [5, 5.41) is 8.62. The number of carbonyl (C=O) groups is 4. The molecule has 0 aliphatic heterocycles. The molecule has 57 heavy (non-hydrogen) atoms. The zero-order chi connectivity index (χ0) is 40.5. The Labute approximate surface area is 342 Å². The number of nitrogens with one attached hydrogen (secondary N) is 3. The molecule has 0 saturated heterocycles. The highest BCUT2D eigenvalue weighted by atomic mass is 32.2. The lowest BCUT2D eigenvalue weighted by molar-refractivity contribution is -0.116. The van der Waals surface area contributed by atoms with Gasteiger partial charge in [0.15, 0.2) is 0 Å². The number of fused-ring (bicyclic) bond motifs is 1. The number of methoxy groups -OCH3 is 1. The molecule has 3 N–H and O–H groups in total. The van der Waals surface area contributed by atoms with Crippen molar-refractivity contribution in [3.63, 3.8) is 0 Å². The van der Waals surface area contributed by atoms with Crippen molar-refractivity contribution in [2.75, 3.05) is 24.4 Å². The highest BCUT2D eigenvalue weighted by Gasteiger charge is 2.35. The van der Waals surface area contributed by atoms with Crippen LogP contribution in [0.15, 0.2) is 120 Å². The zero-order valence-electron chi connectivity index (χ0n) is 32.7. The summed E-state index contributed by atoms with van der Waals surface area (Å²) >= 11 is 2.78. The van der Waals surface area contributed by atoms with Gasteiger partial charge in [-0.3, -0.25) is 14.4 Å².